The van der Waals surface area contributed by atoms with Crippen LogP contribution in [0.15, 0.2) is 24.3 Å². The molecule has 0 amide bonds. The van der Waals surface area contributed by atoms with Gasteiger partial charge in [-0.15, -0.1) is 0 Å². The Kier molecular flexibility index (Phi) is 3.61. The smallest absolute Gasteiger partial charge is 0.152 e. The van der Waals surface area contributed by atoms with E-state index < -0.39 is 0 Å². The van der Waals surface area contributed by atoms with E-state index in [0.29, 0.717) is 0 Å². The van der Waals surface area contributed by atoms with Crippen molar-refractivity contribution in [1.29, 1.82) is 5.26 Å². The molecule has 0 fully saturated rings. The molecule has 1 nitrogen and oxygen atoms in total. The van der Waals surface area contributed by atoms with Crippen LogP contribution >= 0.6 is 0 Å². The van der Waals surface area contributed by atoms with Gasteiger partial charge in [0, 0.05) is 11.5 Å². The van der Waals surface area contributed by atoms with Crippen LogP contribution in [0.2, 0.25) is 0 Å². The van der Waals surface area contributed by atoms with Crippen LogP contribution in [0.5, 0.6) is 0 Å². The van der Waals surface area contributed by atoms with Crippen molar-refractivity contribution in [3.8, 4) is 17.9 Å². The average molecular weight is 169 g/mol. The molecule has 0 saturated heterocycles. The van der Waals surface area contributed by atoms with Crippen molar-refractivity contribution in [2.75, 3.05) is 0 Å². The number of hydrogen-bond acceptors (Lipinski definition) is 1. The number of nitriles is 1. The summed E-state index contributed by atoms with van der Waals surface area (Å²) < 4.78 is 0. The molecule has 1 aromatic rings. The highest BCUT2D eigenvalue weighted by Crippen LogP contribution is 2.05. The normalized spacial score (nSPS) is 8.31. The van der Waals surface area contributed by atoms with Crippen molar-refractivity contribution in [3.63, 3.8) is 0 Å². The number of rotatable bonds is 2. The van der Waals surface area contributed by atoms with Gasteiger partial charge in [-0.05, 0) is 24.1 Å². The first-order valence-corrected chi connectivity index (χ1v) is 4.36. The Labute approximate surface area is 79.0 Å². The summed E-state index contributed by atoms with van der Waals surface area (Å²) in [5.74, 6) is 5.12. The maximum absolute atomic E-state index is 8.24. The van der Waals surface area contributed by atoms with E-state index >= 15 is 0 Å². The van der Waals surface area contributed by atoms with Gasteiger partial charge in [-0.1, -0.05) is 31.4 Å². The van der Waals surface area contributed by atoms with E-state index in [0.717, 1.165) is 18.4 Å². The fraction of sp³-hybridized carbons (Fsp3) is 0.250. The van der Waals surface area contributed by atoms with Gasteiger partial charge in [0.1, 0.15) is 0 Å². The first kappa shape index (κ1) is 9.36. The van der Waals surface area contributed by atoms with Gasteiger partial charge in [0.25, 0.3) is 0 Å². The highest BCUT2D eigenvalue weighted by molar-refractivity contribution is 5.39. The predicted molar refractivity (Wildman–Crippen MR) is 52.9 cm³/mol. The van der Waals surface area contributed by atoms with Crippen LogP contribution in [0.25, 0.3) is 0 Å². The quantitative estimate of drug-likeness (QED) is 0.624. The largest absolute Gasteiger partial charge is 0.183 e. The number of benzene rings is 1. The molecule has 0 saturated carbocycles. The van der Waals surface area contributed by atoms with Crippen LogP contribution in [0.3, 0.4) is 0 Å². The van der Waals surface area contributed by atoms with Gasteiger partial charge >= 0.3 is 0 Å². The lowest BCUT2D eigenvalue weighted by Gasteiger charge is -1.96. The van der Waals surface area contributed by atoms with Crippen LogP contribution < -0.4 is 0 Å². The molecule has 0 aliphatic rings. The highest BCUT2D eigenvalue weighted by atomic mass is 14.2. The Morgan fingerprint density at radius 3 is 2.46 bits per heavy atom. The number of hydrogen-bond donors (Lipinski definition) is 0. The summed E-state index contributed by atoms with van der Waals surface area (Å²) in [6.07, 6.45) is 2.26. The van der Waals surface area contributed by atoms with Gasteiger partial charge in [-0.2, -0.15) is 5.26 Å². The maximum atomic E-state index is 8.24. The fourth-order valence-electron chi connectivity index (χ4n) is 1.14. The van der Waals surface area contributed by atoms with Gasteiger partial charge in [-0.3, -0.25) is 0 Å². The molecule has 0 heterocycles. The van der Waals surface area contributed by atoms with Crippen molar-refractivity contribution in [2.24, 2.45) is 0 Å². The molecule has 1 aromatic carbocycles. The third-order valence-electron chi connectivity index (χ3n) is 1.76. The second kappa shape index (κ2) is 5.01. The minimum atomic E-state index is 0.904. The summed E-state index contributed by atoms with van der Waals surface area (Å²) in [5.41, 5.74) is 2.23. The molecule has 1 rings (SSSR count). The SMILES string of the molecule is CCCc1ccc(C#CC#N)cc1. The minimum Gasteiger partial charge on any atom is -0.183 e. The zero-order valence-electron chi connectivity index (χ0n) is 7.67. The molecule has 0 aliphatic carbocycles. The van der Waals surface area contributed by atoms with Crippen molar-refractivity contribution < 1.29 is 0 Å². The lowest BCUT2D eigenvalue weighted by Crippen LogP contribution is -1.82. The predicted octanol–water partition coefficient (Wildman–Crippen LogP) is 2.51. The standard InChI is InChI=1S/C12H11N/c1-2-4-11-6-8-12(9-7-11)5-3-10-13/h6-9H,2,4H2,1H3. The van der Waals surface area contributed by atoms with Crippen LogP contribution in [-0.4, -0.2) is 0 Å². The zero-order chi connectivity index (χ0) is 9.52. The van der Waals surface area contributed by atoms with Crippen molar-refractivity contribution in [2.45, 2.75) is 19.8 Å². The van der Waals surface area contributed by atoms with E-state index in [-0.39, 0.29) is 0 Å². The van der Waals surface area contributed by atoms with E-state index in [9.17, 15) is 0 Å². The second-order valence-electron chi connectivity index (χ2n) is 2.81. The minimum absolute atomic E-state index is 0.904. The maximum Gasteiger partial charge on any atom is 0.152 e. The molecule has 0 N–H and O–H groups in total. The van der Waals surface area contributed by atoms with Gasteiger partial charge in [0.05, 0.1) is 0 Å². The van der Waals surface area contributed by atoms with Gasteiger partial charge in [0.2, 0.25) is 0 Å². The average Bonchev–Trinajstić information content (AvgIpc) is 2.17. The van der Waals surface area contributed by atoms with Crippen molar-refractivity contribution >= 4 is 0 Å². The topological polar surface area (TPSA) is 23.8 Å². The fourth-order valence-corrected chi connectivity index (χ4v) is 1.14. The van der Waals surface area contributed by atoms with Crippen molar-refractivity contribution in [3.05, 3.63) is 35.4 Å². The summed E-state index contributed by atoms with van der Waals surface area (Å²) in [6, 6.07) is 9.82. The Balaban J connectivity index is 2.76. The lowest BCUT2D eigenvalue weighted by molar-refractivity contribution is 0.922. The molecule has 0 spiro atoms. The Bertz CT molecular complexity index is 357. The molecule has 0 aromatic heterocycles. The Morgan fingerprint density at radius 1 is 1.23 bits per heavy atom. The van der Waals surface area contributed by atoms with Gasteiger partial charge in [-0.25, -0.2) is 0 Å². The summed E-state index contributed by atoms with van der Waals surface area (Å²) in [6.45, 7) is 2.16. The van der Waals surface area contributed by atoms with E-state index in [2.05, 4.69) is 30.9 Å². The van der Waals surface area contributed by atoms with Crippen LogP contribution in [-0.2, 0) is 6.42 Å². The lowest BCUT2D eigenvalue weighted by atomic mass is 10.1. The Morgan fingerprint density at radius 2 is 1.92 bits per heavy atom. The van der Waals surface area contributed by atoms with Gasteiger partial charge < -0.3 is 0 Å². The third kappa shape index (κ3) is 3.01. The molecule has 13 heavy (non-hydrogen) atoms. The highest BCUT2D eigenvalue weighted by Gasteiger charge is 1.90. The van der Waals surface area contributed by atoms with Gasteiger partial charge in [0.15, 0.2) is 6.07 Å². The second-order valence-corrected chi connectivity index (χ2v) is 2.81. The summed E-state index contributed by atoms with van der Waals surface area (Å²) >= 11 is 0. The van der Waals surface area contributed by atoms with E-state index in [1.165, 1.54) is 5.56 Å². The summed E-state index contributed by atoms with van der Waals surface area (Å²) in [4.78, 5) is 0. The first-order chi connectivity index (χ1) is 6.36. The van der Waals surface area contributed by atoms with Crippen LogP contribution in [0.4, 0.5) is 0 Å². The summed E-state index contributed by atoms with van der Waals surface area (Å²) in [5, 5.41) is 8.24. The summed E-state index contributed by atoms with van der Waals surface area (Å²) in [7, 11) is 0. The van der Waals surface area contributed by atoms with Crippen LogP contribution in [0.1, 0.15) is 24.5 Å². The van der Waals surface area contributed by atoms with E-state index in [1.54, 1.807) is 6.07 Å². The first-order valence-electron chi connectivity index (χ1n) is 4.36. The molecule has 64 valence electrons. The monoisotopic (exact) mass is 169 g/mol. The molecular weight excluding hydrogens is 158 g/mol. The van der Waals surface area contributed by atoms with E-state index in [1.807, 2.05) is 12.1 Å². The molecule has 0 aliphatic heterocycles. The third-order valence-corrected chi connectivity index (χ3v) is 1.76. The molecule has 0 radical (unpaired) electrons. The number of nitrogens with zero attached hydrogens (tertiary/aromatic N) is 1. The molecule has 0 atom stereocenters. The Hall–Kier alpha value is -1.73. The van der Waals surface area contributed by atoms with Crippen molar-refractivity contribution in [1.82, 2.24) is 0 Å². The molecule has 0 unspecified atom stereocenters. The number of aryl methyl sites for hydroxylation is 1. The zero-order valence-corrected chi connectivity index (χ0v) is 7.67. The molecule has 0 bridgehead atoms. The molecule has 1 heteroatoms. The van der Waals surface area contributed by atoms with Crippen LogP contribution in [0, 0.1) is 23.2 Å². The molecular formula is C12H11N. The van der Waals surface area contributed by atoms with E-state index in [4.69, 9.17) is 5.26 Å².